The maximum atomic E-state index is 12.7. The molecule has 0 bridgehead atoms. The molecule has 0 spiro atoms. The van der Waals surface area contributed by atoms with Crippen LogP contribution in [0.25, 0.3) is 6.08 Å². The predicted molar refractivity (Wildman–Crippen MR) is 80.7 cm³/mol. The monoisotopic (exact) mass is 313 g/mol. The third-order valence-electron chi connectivity index (χ3n) is 3.62. The molecule has 0 aromatic carbocycles. The van der Waals surface area contributed by atoms with Gasteiger partial charge in [0, 0.05) is 5.70 Å². The molecule has 2 aromatic rings. The molecule has 0 saturated heterocycles. The Morgan fingerprint density at radius 3 is 2.61 bits per heavy atom. The van der Waals surface area contributed by atoms with Crippen molar-refractivity contribution in [3.8, 4) is 0 Å². The van der Waals surface area contributed by atoms with Crippen molar-refractivity contribution >= 4 is 18.0 Å². The Morgan fingerprint density at radius 2 is 2.00 bits per heavy atom. The first-order valence-corrected chi connectivity index (χ1v) is 7.01. The summed E-state index contributed by atoms with van der Waals surface area (Å²) in [5, 5.41) is 0. The predicted octanol–water partition coefficient (Wildman–Crippen LogP) is 2.75. The van der Waals surface area contributed by atoms with Crippen molar-refractivity contribution in [2.45, 2.75) is 13.5 Å². The van der Waals surface area contributed by atoms with Crippen LogP contribution in [-0.2, 0) is 20.9 Å². The molecular formula is C17H15NO5. The van der Waals surface area contributed by atoms with Crippen LogP contribution in [0.15, 0.2) is 62.5 Å². The first-order valence-electron chi connectivity index (χ1n) is 7.01. The van der Waals surface area contributed by atoms with Gasteiger partial charge in [-0.05, 0) is 37.3 Å². The second-order valence-electron chi connectivity index (χ2n) is 5.00. The quantitative estimate of drug-likeness (QED) is 0.641. The van der Waals surface area contributed by atoms with Gasteiger partial charge >= 0.3 is 5.97 Å². The number of methoxy groups -OCH3 is 1. The van der Waals surface area contributed by atoms with Crippen LogP contribution in [0, 0.1) is 0 Å². The molecule has 3 rings (SSSR count). The average Bonchev–Trinajstić information content (AvgIpc) is 3.27. The highest BCUT2D eigenvalue weighted by Gasteiger charge is 2.37. The van der Waals surface area contributed by atoms with Gasteiger partial charge in [0.05, 0.1) is 37.3 Å². The van der Waals surface area contributed by atoms with E-state index in [1.54, 1.807) is 37.3 Å². The van der Waals surface area contributed by atoms with E-state index >= 15 is 0 Å². The van der Waals surface area contributed by atoms with Crippen LogP contribution in [0.5, 0.6) is 0 Å². The van der Waals surface area contributed by atoms with Crippen LogP contribution in [0.3, 0.4) is 0 Å². The van der Waals surface area contributed by atoms with Crippen LogP contribution in [0.4, 0.5) is 0 Å². The number of amides is 1. The number of esters is 1. The molecule has 1 aliphatic rings. The Kier molecular flexibility index (Phi) is 3.89. The largest absolute Gasteiger partial charge is 0.467 e. The molecule has 0 unspecified atom stereocenters. The summed E-state index contributed by atoms with van der Waals surface area (Å²) in [6.07, 6.45) is 4.58. The lowest BCUT2D eigenvalue weighted by atomic mass is 10.1. The third-order valence-corrected chi connectivity index (χ3v) is 3.62. The zero-order chi connectivity index (χ0) is 16.4. The van der Waals surface area contributed by atoms with E-state index < -0.39 is 5.97 Å². The lowest BCUT2D eigenvalue weighted by Crippen LogP contribution is -2.24. The van der Waals surface area contributed by atoms with E-state index in [1.165, 1.54) is 24.5 Å². The number of carbonyl (C=O) groups excluding carboxylic acids is 2. The molecule has 0 N–H and O–H groups in total. The summed E-state index contributed by atoms with van der Waals surface area (Å²) in [7, 11) is 1.28. The maximum absolute atomic E-state index is 12.7. The molecule has 1 amide bonds. The second kappa shape index (κ2) is 6.00. The SMILES string of the molecule is COC(=O)C1=C(C)N(Cc2ccco2)C(=O)/C1=C\c1ccco1. The Bertz CT molecular complexity index is 781. The van der Waals surface area contributed by atoms with Gasteiger partial charge in [-0.2, -0.15) is 0 Å². The van der Waals surface area contributed by atoms with Gasteiger partial charge in [-0.25, -0.2) is 4.79 Å². The van der Waals surface area contributed by atoms with Gasteiger partial charge in [-0.3, -0.25) is 4.79 Å². The Morgan fingerprint density at radius 1 is 1.26 bits per heavy atom. The fraction of sp³-hybridized carbons (Fsp3) is 0.176. The zero-order valence-electron chi connectivity index (χ0n) is 12.7. The topological polar surface area (TPSA) is 72.9 Å². The number of nitrogens with zero attached hydrogens (tertiary/aromatic N) is 1. The first kappa shape index (κ1) is 14.9. The standard InChI is InChI=1S/C17H15NO5/c1-11-15(17(20)21-2)14(9-12-5-3-7-22-12)16(19)18(11)10-13-6-4-8-23-13/h3-9H,10H2,1-2H3/b14-9-. The fourth-order valence-electron chi connectivity index (χ4n) is 2.49. The molecule has 23 heavy (non-hydrogen) atoms. The van der Waals surface area contributed by atoms with Gasteiger partial charge in [-0.1, -0.05) is 0 Å². The van der Waals surface area contributed by atoms with E-state index in [0.29, 0.717) is 17.2 Å². The molecule has 6 nitrogen and oxygen atoms in total. The smallest absolute Gasteiger partial charge is 0.340 e. The van der Waals surface area contributed by atoms with Gasteiger partial charge < -0.3 is 18.5 Å². The van der Waals surface area contributed by atoms with E-state index in [2.05, 4.69) is 0 Å². The molecule has 0 fully saturated rings. The molecule has 0 atom stereocenters. The van der Waals surface area contributed by atoms with Crippen molar-refractivity contribution in [1.82, 2.24) is 4.90 Å². The third kappa shape index (κ3) is 2.70. The summed E-state index contributed by atoms with van der Waals surface area (Å²) >= 11 is 0. The molecule has 0 saturated carbocycles. The number of ether oxygens (including phenoxy) is 1. The van der Waals surface area contributed by atoms with E-state index in [4.69, 9.17) is 13.6 Å². The van der Waals surface area contributed by atoms with Crippen molar-refractivity contribution in [1.29, 1.82) is 0 Å². The Hall–Kier alpha value is -3.02. The van der Waals surface area contributed by atoms with E-state index in [1.807, 2.05) is 0 Å². The Labute approximate surface area is 132 Å². The molecule has 3 heterocycles. The van der Waals surface area contributed by atoms with Crippen LogP contribution >= 0.6 is 0 Å². The summed E-state index contributed by atoms with van der Waals surface area (Å²) in [4.78, 5) is 26.3. The van der Waals surface area contributed by atoms with Crippen molar-refractivity contribution in [3.63, 3.8) is 0 Å². The van der Waals surface area contributed by atoms with E-state index in [9.17, 15) is 9.59 Å². The van der Waals surface area contributed by atoms with E-state index in [0.717, 1.165) is 0 Å². The zero-order valence-corrected chi connectivity index (χ0v) is 12.7. The van der Waals surface area contributed by atoms with Gasteiger partial charge in [0.15, 0.2) is 0 Å². The van der Waals surface area contributed by atoms with Gasteiger partial charge in [0.2, 0.25) is 0 Å². The summed E-state index contributed by atoms with van der Waals surface area (Å²) in [6, 6.07) is 6.93. The normalized spacial score (nSPS) is 16.5. The van der Waals surface area contributed by atoms with Gasteiger partial charge in [-0.15, -0.1) is 0 Å². The van der Waals surface area contributed by atoms with Crippen molar-refractivity contribution in [2.75, 3.05) is 7.11 Å². The molecule has 2 aromatic heterocycles. The lowest BCUT2D eigenvalue weighted by Gasteiger charge is -2.15. The minimum absolute atomic E-state index is 0.237. The molecule has 1 aliphatic heterocycles. The summed E-state index contributed by atoms with van der Waals surface area (Å²) in [5.74, 6) is 0.259. The Balaban J connectivity index is 2.02. The van der Waals surface area contributed by atoms with Gasteiger partial charge in [0.1, 0.15) is 11.5 Å². The molecular weight excluding hydrogens is 298 g/mol. The maximum Gasteiger partial charge on any atom is 0.340 e. The fourth-order valence-corrected chi connectivity index (χ4v) is 2.49. The summed E-state index contributed by atoms with van der Waals surface area (Å²) in [6.45, 7) is 1.95. The molecule has 6 heteroatoms. The number of rotatable bonds is 4. The minimum atomic E-state index is -0.560. The highest BCUT2D eigenvalue weighted by Crippen LogP contribution is 2.32. The highest BCUT2D eigenvalue weighted by atomic mass is 16.5. The van der Waals surface area contributed by atoms with Gasteiger partial charge in [0.25, 0.3) is 5.91 Å². The van der Waals surface area contributed by atoms with Crippen molar-refractivity contribution in [2.24, 2.45) is 0 Å². The molecule has 0 aliphatic carbocycles. The average molecular weight is 313 g/mol. The van der Waals surface area contributed by atoms with Crippen molar-refractivity contribution < 1.29 is 23.2 Å². The summed E-state index contributed by atoms with van der Waals surface area (Å²) < 4.78 is 15.3. The molecule has 118 valence electrons. The lowest BCUT2D eigenvalue weighted by molar-refractivity contribution is -0.136. The van der Waals surface area contributed by atoms with Crippen LogP contribution < -0.4 is 0 Å². The summed E-state index contributed by atoms with van der Waals surface area (Å²) in [5.41, 5.74) is 1.01. The number of allylic oxidation sites excluding steroid dienone is 1. The number of carbonyl (C=O) groups is 2. The number of furan rings is 2. The molecule has 0 radical (unpaired) electrons. The number of hydrogen-bond donors (Lipinski definition) is 0. The first-order chi connectivity index (χ1) is 11.1. The van der Waals surface area contributed by atoms with Crippen LogP contribution in [0.2, 0.25) is 0 Å². The van der Waals surface area contributed by atoms with E-state index in [-0.39, 0.29) is 23.6 Å². The van der Waals surface area contributed by atoms with Crippen LogP contribution in [-0.4, -0.2) is 23.9 Å². The van der Waals surface area contributed by atoms with Crippen molar-refractivity contribution in [3.05, 3.63) is 65.2 Å². The minimum Gasteiger partial charge on any atom is -0.467 e. The number of hydrogen-bond acceptors (Lipinski definition) is 5. The van der Waals surface area contributed by atoms with Crippen LogP contribution in [0.1, 0.15) is 18.4 Å². The highest BCUT2D eigenvalue weighted by molar-refractivity contribution is 6.16. The second-order valence-corrected chi connectivity index (χ2v) is 5.00.